The Morgan fingerprint density at radius 3 is 2.11 bits per heavy atom. The minimum Gasteiger partial charge on any atom is -0.496 e. The highest BCUT2D eigenvalue weighted by Gasteiger charge is 2.28. The van der Waals surface area contributed by atoms with Gasteiger partial charge in [-0.1, -0.05) is 26.8 Å². The first-order chi connectivity index (χ1) is 8.61. The Labute approximate surface area is 117 Å². The van der Waals surface area contributed by atoms with Gasteiger partial charge in [0, 0.05) is 0 Å². The summed E-state index contributed by atoms with van der Waals surface area (Å²) < 4.78 is 5.44. The molecule has 0 fully saturated rings. The summed E-state index contributed by atoms with van der Waals surface area (Å²) in [6.45, 7) is 10.1. The van der Waals surface area contributed by atoms with E-state index in [4.69, 9.17) is 4.74 Å². The molecule has 3 nitrogen and oxygen atoms in total. The average Bonchev–Trinajstić information content (AvgIpc) is 2.26. The van der Waals surface area contributed by atoms with Crippen molar-refractivity contribution in [3.05, 3.63) is 29.3 Å². The summed E-state index contributed by atoms with van der Waals surface area (Å²) in [5, 5.41) is 13.4. The molecule has 1 aromatic carbocycles. The van der Waals surface area contributed by atoms with Crippen LogP contribution in [-0.4, -0.2) is 24.9 Å². The van der Waals surface area contributed by atoms with Gasteiger partial charge in [-0.25, -0.2) is 0 Å². The molecular weight excluding hydrogens is 238 g/mol. The van der Waals surface area contributed by atoms with Crippen molar-refractivity contribution >= 4 is 0 Å². The molecule has 0 aliphatic rings. The molecule has 0 spiro atoms. The first kappa shape index (κ1) is 16.0. The van der Waals surface area contributed by atoms with Gasteiger partial charge in [-0.2, -0.15) is 0 Å². The minimum atomic E-state index is -0.821. The summed E-state index contributed by atoms with van der Waals surface area (Å²) in [4.78, 5) is 0. The number of hydrogen-bond acceptors (Lipinski definition) is 3. The van der Waals surface area contributed by atoms with Gasteiger partial charge in [-0.3, -0.25) is 0 Å². The molecule has 2 N–H and O–H groups in total. The molecule has 0 aromatic heterocycles. The van der Waals surface area contributed by atoms with Gasteiger partial charge in [0.2, 0.25) is 0 Å². The normalized spacial score (nSPS) is 14.3. The SMILES string of the molecule is CNC(c1ccc(OC)c(C(C)(C)C)c1)C(C)(C)O. The molecular formula is C16H27NO2. The maximum Gasteiger partial charge on any atom is 0.122 e. The maximum absolute atomic E-state index is 10.3. The Morgan fingerprint density at radius 2 is 1.74 bits per heavy atom. The molecule has 0 aliphatic carbocycles. The number of nitrogens with one attached hydrogen (secondary N) is 1. The molecule has 0 amide bonds. The van der Waals surface area contributed by atoms with E-state index >= 15 is 0 Å². The van der Waals surface area contributed by atoms with E-state index in [9.17, 15) is 5.11 Å². The Bertz CT molecular complexity index is 427. The van der Waals surface area contributed by atoms with Crippen molar-refractivity contribution in [2.24, 2.45) is 0 Å². The number of methoxy groups -OCH3 is 1. The summed E-state index contributed by atoms with van der Waals surface area (Å²) in [5.74, 6) is 0.891. The lowest BCUT2D eigenvalue weighted by Crippen LogP contribution is -2.37. The fraction of sp³-hybridized carbons (Fsp3) is 0.625. The third-order valence-corrected chi connectivity index (χ3v) is 3.36. The average molecular weight is 265 g/mol. The second-order valence-corrected chi connectivity index (χ2v) is 6.59. The van der Waals surface area contributed by atoms with Crippen LogP contribution in [0.15, 0.2) is 18.2 Å². The summed E-state index contributed by atoms with van der Waals surface area (Å²) >= 11 is 0. The Kier molecular flexibility index (Phi) is 4.64. The summed E-state index contributed by atoms with van der Waals surface area (Å²) in [6, 6.07) is 6.00. The fourth-order valence-corrected chi connectivity index (χ4v) is 2.42. The van der Waals surface area contributed by atoms with Gasteiger partial charge < -0.3 is 15.2 Å². The van der Waals surface area contributed by atoms with E-state index in [0.29, 0.717) is 0 Å². The third-order valence-electron chi connectivity index (χ3n) is 3.36. The first-order valence-electron chi connectivity index (χ1n) is 6.69. The highest BCUT2D eigenvalue weighted by molar-refractivity contribution is 5.43. The summed E-state index contributed by atoms with van der Waals surface area (Å²) in [5.41, 5.74) is 1.40. The number of rotatable bonds is 4. The molecule has 1 unspecified atom stereocenters. The molecule has 0 saturated carbocycles. The number of hydrogen-bond donors (Lipinski definition) is 2. The number of ether oxygens (including phenoxy) is 1. The predicted octanol–water partition coefficient (Wildman–Crippen LogP) is 3.02. The van der Waals surface area contributed by atoms with Crippen molar-refractivity contribution in [1.82, 2.24) is 5.32 Å². The van der Waals surface area contributed by atoms with Gasteiger partial charge >= 0.3 is 0 Å². The quantitative estimate of drug-likeness (QED) is 0.879. The molecule has 3 heteroatoms. The van der Waals surface area contributed by atoms with Crippen molar-refractivity contribution < 1.29 is 9.84 Å². The van der Waals surface area contributed by atoms with Crippen LogP contribution in [0.5, 0.6) is 5.75 Å². The van der Waals surface area contributed by atoms with E-state index in [1.54, 1.807) is 7.11 Å². The zero-order chi connectivity index (χ0) is 14.8. The van der Waals surface area contributed by atoms with Crippen molar-refractivity contribution in [1.29, 1.82) is 0 Å². The molecule has 0 saturated heterocycles. The van der Waals surface area contributed by atoms with E-state index in [1.165, 1.54) is 0 Å². The van der Waals surface area contributed by atoms with Crippen LogP contribution < -0.4 is 10.1 Å². The van der Waals surface area contributed by atoms with Gasteiger partial charge in [-0.15, -0.1) is 0 Å². The zero-order valence-electron chi connectivity index (χ0n) is 13.2. The number of benzene rings is 1. The van der Waals surface area contributed by atoms with Crippen LogP contribution >= 0.6 is 0 Å². The lowest BCUT2D eigenvalue weighted by Gasteiger charge is -2.31. The molecule has 1 atom stereocenters. The topological polar surface area (TPSA) is 41.5 Å². The van der Waals surface area contributed by atoms with Crippen molar-refractivity contribution in [2.45, 2.75) is 51.7 Å². The minimum absolute atomic E-state index is 0.000751. The van der Waals surface area contributed by atoms with E-state index in [1.807, 2.05) is 33.0 Å². The van der Waals surface area contributed by atoms with Gasteiger partial charge in [0.15, 0.2) is 0 Å². The Hall–Kier alpha value is -1.06. The van der Waals surface area contributed by atoms with Gasteiger partial charge in [0.1, 0.15) is 5.75 Å². The van der Waals surface area contributed by atoms with Crippen LogP contribution in [0.1, 0.15) is 51.8 Å². The van der Waals surface area contributed by atoms with E-state index < -0.39 is 5.60 Å². The Balaban J connectivity index is 3.32. The van der Waals surface area contributed by atoms with Crippen molar-refractivity contribution in [3.8, 4) is 5.75 Å². The van der Waals surface area contributed by atoms with Crippen LogP contribution in [0.25, 0.3) is 0 Å². The second-order valence-electron chi connectivity index (χ2n) is 6.59. The second kappa shape index (κ2) is 5.51. The monoisotopic (exact) mass is 265 g/mol. The summed E-state index contributed by atoms with van der Waals surface area (Å²) in [7, 11) is 3.55. The van der Waals surface area contributed by atoms with Crippen LogP contribution in [0.3, 0.4) is 0 Å². The highest BCUT2D eigenvalue weighted by atomic mass is 16.5. The van der Waals surface area contributed by atoms with Gasteiger partial charge in [-0.05, 0) is 49.6 Å². The smallest absolute Gasteiger partial charge is 0.122 e. The predicted molar refractivity (Wildman–Crippen MR) is 79.8 cm³/mol. The standard InChI is InChI=1S/C16H27NO2/c1-15(2,3)12-10-11(8-9-13(12)19-7)14(17-6)16(4,5)18/h8-10,14,17-18H,1-7H3. The molecule has 0 heterocycles. The first-order valence-corrected chi connectivity index (χ1v) is 6.69. The molecule has 1 rings (SSSR count). The van der Waals surface area contributed by atoms with Crippen LogP contribution in [0, 0.1) is 0 Å². The third kappa shape index (κ3) is 3.71. The van der Waals surface area contributed by atoms with E-state index in [-0.39, 0.29) is 11.5 Å². The summed E-state index contributed by atoms with van der Waals surface area (Å²) in [6.07, 6.45) is 0. The lowest BCUT2D eigenvalue weighted by molar-refractivity contribution is 0.0399. The molecule has 0 radical (unpaired) electrons. The Morgan fingerprint density at radius 1 is 1.16 bits per heavy atom. The van der Waals surface area contributed by atoms with Gasteiger partial charge in [0.25, 0.3) is 0 Å². The highest BCUT2D eigenvalue weighted by Crippen LogP contribution is 2.35. The van der Waals surface area contributed by atoms with Crippen LogP contribution in [0.2, 0.25) is 0 Å². The van der Waals surface area contributed by atoms with Crippen LogP contribution in [-0.2, 0) is 5.41 Å². The zero-order valence-corrected chi connectivity index (χ0v) is 13.2. The molecule has 0 bridgehead atoms. The van der Waals surface area contributed by atoms with Crippen molar-refractivity contribution in [3.63, 3.8) is 0 Å². The fourth-order valence-electron chi connectivity index (χ4n) is 2.42. The molecule has 1 aromatic rings. The lowest BCUT2D eigenvalue weighted by atomic mass is 9.82. The molecule has 19 heavy (non-hydrogen) atoms. The largest absolute Gasteiger partial charge is 0.496 e. The van der Waals surface area contributed by atoms with E-state index in [0.717, 1.165) is 16.9 Å². The van der Waals surface area contributed by atoms with Crippen molar-refractivity contribution in [2.75, 3.05) is 14.2 Å². The van der Waals surface area contributed by atoms with E-state index in [2.05, 4.69) is 32.2 Å². The molecule has 0 aliphatic heterocycles. The van der Waals surface area contributed by atoms with Crippen LogP contribution in [0.4, 0.5) is 0 Å². The maximum atomic E-state index is 10.3. The van der Waals surface area contributed by atoms with Gasteiger partial charge in [0.05, 0.1) is 18.8 Å². The number of likely N-dealkylation sites (N-methyl/N-ethyl adjacent to an activating group) is 1. The molecule has 108 valence electrons. The number of aliphatic hydroxyl groups is 1.